The van der Waals surface area contributed by atoms with E-state index in [9.17, 15) is 10.2 Å². The van der Waals surface area contributed by atoms with Crippen LogP contribution in [0.15, 0.2) is 16.9 Å². The Labute approximate surface area is 164 Å². The zero-order valence-electron chi connectivity index (χ0n) is 15.9. The van der Waals surface area contributed by atoms with Crippen LogP contribution in [-0.4, -0.2) is 48.7 Å². The van der Waals surface area contributed by atoms with Gasteiger partial charge < -0.3 is 15.9 Å². The van der Waals surface area contributed by atoms with E-state index in [1.165, 1.54) is 32.1 Å². The molecule has 1 aliphatic carbocycles. The van der Waals surface area contributed by atoms with E-state index < -0.39 is 5.41 Å². The molecule has 0 bridgehead atoms. The van der Waals surface area contributed by atoms with Crippen molar-refractivity contribution >= 4 is 35.1 Å². The number of nitrogens with zero attached hydrogens (tertiary/aromatic N) is 4. The number of rotatable bonds is 11. The van der Waals surface area contributed by atoms with E-state index in [0.717, 1.165) is 28.3 Å². The van der Waals surface area contributed by atoms with E-state index in [4.69, 9.17) is 5.73 Å². The molecule has 0 aromatic carbocycles. The van der Waals surface area contributed by atoms with Crippen molar-refractivity contribution in [1.29, 1.82) is 0 Å². The molecule has 148 valence electrons. The lowest BCUT2D eigenvalue weighted by Gasteiger charge is -2.06. The van der Waals surface area contributed by atoms with Crippen LogP contribution in [0.5, 0.6) is 0 Å². The summed E-state index contributed by atoms with van der Waals surface area (Å²) in [6, 6.07) is 0. The molecular formula is C19H29N5O2S. The number of nitrogens with two attached hydrogens (primary N) is 1. The highest BCUT2D eigenvalue weighted by Crippen LogP contribution is 2.51. The predicted molar refractivity (Wildman–Crippen MR) is 109 cm³/mol. The molecule has 0 amide bonds. The van der Waals surface area contributed by atoms with Gasteiger partial charge in [-0.1, -0.05) is 39.0 Å². The lowest BCUT2D eigenvalue weighted by atomic mass is 10.1. The summed E-state index contributed by atoms with van der Waals surface area (Å²) >= 11 is 1.68. The van der Waals surface area contributed by atoms with Gasteiger partial charge in [0.1, 0.15) is 16.9 Å². The summed E-state index contributed by atoms with van der Waals surface area (Å²) in [5.41, 5.74) is 7.82. The lowest BCUT2D eigenvalue weighted by molar-refractivity contribution is 0.143. The van der Waals surface area contributed by atoms with Crippen molar-refractivity contribution in [2.75, 3.05) is 24.7 Å². The van der Waals surface area contributed by atoms with Gasteiger partial charge in [-0.05, 0) is 24.2 Å². The van der Waals surface area contributed by atoms with E-state index in [-0.39, 0.29) is 19.2 Å². The zero-order chi connectivity index (χ0) is 19.3. The van der Waals surface area contributed by atoms with Crippen molar-refractivity contribution in [1.82, 2.24) is 19.5 Å². The van der Waals surface area contributed by atoms with Crippen molar-refractivity contribution in [3.05, 3.63) is 11.9 Å². The van der Waals surface area contributed by atoms with Gasteiger partial charge in [0.15, 0.2) is 5.65 Å². The van der Waals surface area contributed by atoms with Crippen LogP contribution in [0.2, 0.25) is 0 Å². The minimum atomic E-state index is -0.496. The van der Waals surface area contributed by atoms with Crippen LogP contribution in [0.1, 0.15) is 51.9 Å². The third-order valence-electron chi connectivity index (χ3n) is 5.13. The Bertz CT molecular complexity index is 801. The summed E-state index contributed by atoms with van der Waals surface area (Å²) in [7, 11) is 0. The SMILES string of the molecule is CCCCCCCCSc1nc(N)nc2c1ncn2/C=C1/CC1(CO)CO. The van der Waals surface area contributed by atoms with Crippen LogP contribution < -0.4 is 5.73 Å². The van der Waals surface area contributed by atoms with Gasteiger partial charge in [-0.25, -0.2) is 9.97 Å². The van der Waals surface area contributed by atoms with Crippen molar-refractivity contribution in [3.8, 4) is 0 Å². The summed E-state index contributed by atoms with van der Waals surface area (Å²) in [5.74, 6) is 1.23. The standard InChI is InChI=1S/C19H29N5O2S/c1-2-3-4-5-6-7-8-27-17-15-16(22-18(20)23-17)24(13-21-15)10-14-9-19(14,11-25)12-26/h10,13,25-26H,2-9,11-12H2,1H3,(H2,20,22,23)/b14-10-. The second-order valence-corrected chi connectivity index (χ2v) is 8.34. The van der Waals surface area contributed by atoms with E-state index >= 15 is 0 Å². The van der Waals surface area contributed by atoms with E-state index in [0.29, 0.717) is 12.1 Å². The van der Waals surface area contributed by atoms with Crippen LogP contribution in [0.25, 0.3) is 17.4 Å². The topological polar surface area (TPSA) is 110 Å². The molecule has 2 aromatic heterocycles. The Balaban J connectivity index is 1.68. The number of thioether (sulfide) groups is 1. The Kier molecular flexibility index (Phi) is 6.73. The molecule has 0 unspecified atom stereocenters. The van der Waals surface area contributed by atoms with Crippen molar-refractivity contribution in [2.45, 2.75) is 56.9 Å². The third kappa shape index (κ3) is 4.62. The fourth-order valence-electron chi connectivity index (χ4n) is 3.19. The first-order valence-electron chi connectivity index (χ1n) is 9.69. The second-order valence-electron chi connectivity index (χ2n) is 7.25. The number of aliphatic hydroxyl groups is 2. The summed E-state index contributed by atoms with van der Waals surface area (Å²) in [5, 5.41) is 19.8. The number of imidazole rings is 1. The third-order valence-corrected chi connectivity index (χ3v) is 6.18. The molecule has 1 saturated carbocycles. The molecular weight excluding hydrogens is 362 g/mol. The number of hydrogen-bond acceptors (Lipinski definition) is 7. The first-order valence-corrected chi connectivity index (χ1v) is 10.7. The number of anilines is 1. The summed E-state index contributed by atoms with van der Waals surface area (Å²) in [6.45, 7) is 2.11. The molecule has 7 nitrogen and oxygen atoms in total. The first kappa shape index (κ1) is 20.1. The molecule has 0 aliphatic heterocycles. The van der Waals surface area contributed by atoms with Gasteiger partial charge >= 0.3 is 0 Å². The normalized spacial score (nSPS) is 17.1. The molecule has 0 spiro atoms. The minimum Gasteiger partial charge on any atom is -0.395 e. The fourth-order valence-corrected chi connectivity index (χ4v) is 4.17. The quantitative estimate of drug-likeness (QED) is 0.307. The lowest BCUT2D eigenvalue weighted by Crippen LogP contribution is -2.12. The zero-order valence-corrected chi connectivity index (χ0v) is 16.7. The number of unbranched alkanes of at least 4 members (excludes halogenated alkanes) is 5. The molecule has 4 N–H and O–H groups in total. The molecule has 3 rings (SSSR count). The highest BCUT2D eigenvalue weighted by atomic mass is 32.2. The van der Waals surface area contributed by atoms with E-state index in [1.807, 2.05) is 10.8 Å². The Morgan fingerprint density at radius 3 is 2.63 bits per heavy atom. The molecule has 0 saturated heterocycles. The fraction of sp³-hybridized carbons (Fsp3) is 0.632. The number of nitrogen functional groups attached to an aromatic ring is 1. The molecule has 1 fully saturated rings. The Morgan fingerprint density at radius 2 is 1.93 bits per heavy atom. The van der Waals surface area contributed by atoms with Gasteiger partial charge in [-0.15, -0.1) is 11.8 Å². The minimum absolute atomic E-state index is 0.0571. The number of fused-ring (bicyclic) bond motifs is 1. The van der Waals surface area contributed by atoms with Gasteiger partial charge in [0.05, 0.1) is 13.2 Å². The van der Waals surface area contributed by atoms with Gasteiger partial charge in [-0.2, -0.15) is 4.98 Å². The maximum Gasteiger partial charge on any atom is 0.223 e. The molecule has 2 aromatic rings. The smallest absolute Gasteiger partial charge is 0.223 e. The number of aliphatic hydroxyl groups excluding tert-OH is 2. The van der Waals surface area contributed by atoms with Gasteiger partial charge in [0.2, 0.25) is 5.95 Å². The van der Waals surface area contributed by atoms with Crippen molar-refractivity contribution in [3.63, 3.8) is 0 Å². The maximum atomic E-state index is 9.47. The number of aromatic nitrogens is 4. The largest absolute Gasteiger partial charge is 0.395 e. The second kappa shape index (κ2) is 9.03. The summed E-state index contributed by atoms with van der Waals surface area (Å²) in [4.78, 5) is 13.2. The highest BCUT2D eigenvalue weighted by molar-refractivity contribution is 7.99. The van der Waals surface area contributed by atoms with Crippen molar-refractivity contribution in [2.24, 2.45) is 5.41 Å². The molecule has 1 aliphatic rings. The predicted octanol–water partition coefficient (Wildman–Crippen LogP) is 3.08. The van der Waals surface area contributed by atoms with E-state index in [1.54, 1.807) is 18.1 Å². The van der Waals surface area contributed by atoms with Crippen LogP contribution in [-0.2, 0) is 0 Å². The van der Waals surface area contributed by atoms with E-state index in [2.05, 4.69) is 21.9 Å². The molecule has 8 heteroatoms. The van der Waals surface area contributed by atoms with Crippen LogP contribution >= 0.6 is 11.8 Å². The summed E-state index contributed by atoms with van der Waals surface area (Å²) in [6.07, 6.45) is 11.8. The molecule has 0 atom stereocenters. The molecule has 0 radical (unpaired) electrons. The van der Waals surface area contributed by atoms with Crippen molar-refractivity contribution < 1.29 is 10.2 Å². The highest BCUT2D eigenvalue weighted by Gasteiger charge is 2.48. The van der Waals surface area contributed by atoms with Gasteiger partial charge in [0.25, 0.3) is 0 Å². The molecule has 2 heterocycles. The first-order chi connectivity index (χ1) is 13.1. The average Bonchev–Trinajstić information content (AvgIpc) is 3.23. The van der Waals surface area contributed by atoms with Crippen LogP contribution in [0, 0.1) is 5.41 Å². The average molecular weight is 392 g/mol. The van der Waals surface area contributed by atoms with Crippen LogP contribution in [0.3, 0.4) is 0 Å². The van der Waals surface area contributed by atoms with Crippen LogP contribution in [0.4, 0.5) is 5.95 Å². The molecule has 27 heavy (non-hydrogen) atoms. The Morgan fingerprint density at radius 1 is 1.19 bits per heavy atom. The number of hydrogen-bond donors (Lipinski definition) is 3. The summed E-state index contributed by atoms with van der Waals surface area (Å²) < 4.78 is 1.81. The monoisotopic (exact) mass is 391 g/mol. The van der Waals surface area contributed by atoms with Gasteiger partial charge in [0, 0.05) is 11.6 Å². The maximum absolute atomic E-state index is 9.47. The van der Waals surface area contributed by atoms with Gasteiger partial charge in [-0.3, -0.25) is 4.57 Å². The Hall–Kier alpha value is -1.64.